The summed E-state index contributed by atoms with van der Waals surface area (Å²) in [6, 6.07) is 6.48. The second-order valence-electron chi connectivity index (χ2n) is 3.68. The van der Waals surface area contributed by atoms with Gasteiger partial charge in [0, 0.05) is 11.6 Å². The fraction of sp³-hybridized carbons (Fsp3) is 0.0769. The predicted octanol–water partition coefficient (Wildman–Crippen LogP) is 5.91. The molecule has 0 heterocycles. The summed E-state index contributed by atoms with van der Waals surface area (Å²) in [5.41, 5.74) is 0.476. The Morgan fingerprint density at radius 3 is 2.53 bits per heavy atom. The van der Waals surface area contributed by atoms with Gasteiger partial charge in [0.25, 0.3) is 0 Å². The molecule has 0 saturated heterocycles. The van der Waals surface area contributed by atoms with E-state index in [2.05, 4.69) is 15.9 Å². The van der Waals surface area contributed by atoms with Gasteiger partial charge in [-0.2, -0.15) is 0 Å². The number of benzene rings is 2. The Morgan fingerprint density at radius 2 is 1.84 bits per heavy atom. The lowest BCUT2D eigenvalue weighted by Gasteiger charge is -2.11. The molecule has 0 aliphatic rings. The highest BCUT2D eigenvalue weighted by molar-refractivity contribution is 9.10. The van der Waals surface area contributed by atoms with E-state index in [1.807, 2.05) is 0 Å². The van der Waals surface area contributed by atoms with Crippen LogP contribution in [0.5, 0.6) is 11.5 Å². The SMILES string of the molecule is Fc1ccc(Oc2cc(F)c(Cl)cc2Br)c(CCl)c1. The third-order valence-electron chi connectivity index (χ3n) is 2.36. The van der Waals surface area contributed by atoms with Crippen LogP contribution in [0.25, 0.3) is 0 Å². The van der Waals surface area contributed by atoms with Crippen LogP contribution in [-0.4, -0.2) is 0 Å². The highest BCUT2D eigenvalue weighted by Crippen LogP contribution is 2.35. The van der Waals surface area contributed by atoms with Gasteiger partial charge in [0.15, 0.2) is 0 Å². The Kier molecular flexibility index (Phi) is 4.66. The molecular weight excluding hydrogens is 361 g/mol. The second-order valence-corrected chi connectivity index (χ2v) is 5.21. The molecule has 0 aliphatic heterocycles. The van der Waals surface area contributed by atoms with Crippen molar-refractivity contribution < 1.29 is 13.5 Å². The Bertz CT molecular complexity index is 620. The molecule has 0 bridgehead atoms. The maximum absolute atomic E-state index is 13.4. The number of rotatable bonds is 3. The van der Waals surface area contributed by atoms with Gasteiger partial charge in [-0.25, -0.2) is 8.78 Å². The molecule has 0 radical (unpaired) electrons. The highest BCUT2D eigenvalue weighted by atomic mass is 79.9. The molecule has 2 aromatic carbocycles. The van der Waals surface area contributed by atoms with E-state index >= 15 is 0 Å². The minimum absolute atomic E-state index is 0.0177. The summed E-state index contributed by atoms with van der Waals surface area (Å²) < 4.78 is 32.5. The molecule has 0 unspecified atom stereocenters. The molecule has 0 N–H and O–H groups in total. The Labute approximate surface area is 127 Å². The van der Waals surface area contributed by atoms with Crippen molar-refractivity contribution in [2.24, 2.45) is 0 Å². The molecule has 0 aliphatic carbocycles. The van der Waals surface area contributed by atoms with Crippen molar-refractivity contribution in [2.45, 2.75) is 5.88 Å². The predicted molar refractivity (Wildman–Crippen MR) is 75.1 cm³/mol. The van der Waals surface area contributed by atoms with Crippen LogP contribution in [0.1, 0.15) is 5.56 Å². The van der Waals surface area contributed by atoms with Crippen LogP contribution in [0.3, 0.4) is 0 Å². The van der Waals surface area contributed by atoms with E-state index in [0.29, 0.717) is 15.8 Å². The molecule has 6 heteroatoms. The molecular formula is C13H7BrCl2F2O. The van der Waals surface area contributed by atoms with Crippen LogP contribution in [0.15, 0.2) is 34.8 Å². The Morgan fingerprint density at radius 1 is 1.11 bits per heavy atom. The molecule has 2 aromatic rings. The summed E-state index contributed by atoms with van der Waals surface area (Å²) in [6.07, 6.45) is 0. The molecule has 0 atom stereocenters. The monoisotopic (exact) mass is 366 g/mol. The van der Waals surface area contributed by atoms with Crippen molar-refractivity contribution in [1.29, 1.82) is 0 Å². The molecule has 100 valence electrons. The summed E-state index contributed by atoms with van der Waals surface area (Å²) in [5, 5.41) is -0.0177. The number of hydrogen-bond donors (Lipinski definition) is 0. The van der Waals surface area contributed by atoms with Crippen molar-refractivity contribution >= 4 is 39.1 Å². The second kappa shape index (κ2) is 6.07. The van der Waals surface area contributed by atoms with Gasteiger partial charge in [0.05, 0.1) is 15.4 Å². The molecule has 0 saturated carbocycles. The summed E-state index contributed by atoms with van der Waals surface area (Å²) in [6.45, 7) is 0. The summed E-state index contributed by atoms with van der Waals surface area (Å²) in [5.74, 6) is -0.335. The Balaban J connectivity index is 2.39. The van der Waals surface area contributed by atoms with Gasteiger partial charge >= 0.3 is 0 Å². The van der Waals surface area contributed by atoms with Gasteiger partial charge in [-0.15, -0.1) is 11.6 Å². The van der Waals surface area contributed by atoms with Crippen LogP contribution in [0.4, 0.5) is 8.78 Å². The molecule has 0 aromatic heterocycles. The fourth-order valence-corrected chi connectivity index (χ4v) is 2.38. The van der Waals surface area contributed by atoms with Gasteiger partial charge in [0.1, 0.15) is 23.1 Å². The maximum atomic E-state index is 13.4. The lowest BCUT2D eigenvalue weighted by molar-refractivity contribution is 0.467. The number of ether oxygens (including phenoxy) is 1. The van der Waals surface area contributed by atoms with Crippen LogP contribution >= 0.6 is 39.1 Å². The number of halogens is 5. The van der Waals surface area contributed by atoms with Crippen LogP contribution in [0.2, 0.25) is 5.02 Å². The van der Waals surface area contributed by atoms with Gasteiger partial charge in [-0.1, -0.05) is 11.6 Å². The average molecular weight is 368 g/mol. The van der Waals surface area contributed by atoms with Gasteiger partial charge < -0.3 is 4.74 Å². The van der Waals surface area contributed by atoms with Crippen LogP contribution in [-0.2, 0) is 5.88 Å². The molecule has 19 heavy (non-hydrogen) atoms. The van der Waals surface area contributed by atoms with E-state index in [4.69, 9.17) is 27.9 Å². The first-order chi connectivity index (χ1) is 9.01. The molecule has 0 amide bonds. The smallest absolute Gasteiger partial charge is 0.145 e. The first kappa shape index (κ1) is 14.6. The van der Waals surface area contributed by atoms with E-state index in [9.17, 15) is 8.78 Å². The topological polar surface area (TPSA) is 9.23 Å². The largest absolute Gasteiger partial charge is 0.456 e. The highest BCUT2D eigenvalue weighted by Gasteiger charge is 2.11. The molecule has 0 fully saturated rings. The zero-order valence-electron chi connectivity index (χ0n) is 9.39. The number of hydrogen-bond acceptors (Lipinski definition) is 1. The molecule has 2 rings (SSSR count). The van der Waals surface area contributed by atoms with Gasteiger partial charge in [-0.3, -0.25) is 0 Å². The summed E-state index contributed by atoms with van der Waals surface area (Å²) >= 11 is 14.6. The average Bonchev–Trinajstić information content (AvgIpc) is 2.37. The number of alkyl halides is 1. The van der Waals surface area contributed by atoms with Crippen molar-refractivity contribution in [3.63, 3.8) is 0 Å². The lowest BCUT2D eigenvalue weighted by Crippen LogP contribution is -1.93. The fourth-order valence-electron chi connectivity index (χ4n) is 1.45. The summed E-state index contributed by atoms with van der Waals surface area (Å²) in [4.78, 5) is 0. The normalized spacial score (nSPS) is 10.6. The third kappa shape index (κ3) is 3.38. The zero-order valence-corrected chi connectivity index (χ0v) is 12.5. The maximum Gasteiger partial charge on any atom is 0.145 e. The van der Waals surface area contributed by atoms with E-state index in [0.717, 1.165) is 6.07 Å². The quantitative estimate of drug-likeness (QED) is 0.483. The van der Waals surface area contributed by atoms with Crippen LogP contribution in [0, 0.1) is 11.6 Å². The summed E-state index contributed by atoms with van der Waals surface area (Å²) in [7, 11) is 0. The molecule has 1 nitrogen and oxygen atoms in total. The van der Waals surface area contributed by atoms with E-state index in [1.165, 1.54) is 24.3 Å². The first-order valence-corrected chi connectivity index (χ1v) is 6.88. The Hall–Kier alpha value is -0.840. The van der Waals surface area contributed by atoms with Gasteiger partial charge in [0.2, 0.25) is 0 Å². The minimum atomic E-state index is -0.602. The van der Waals surface area contributed by atoms with Crippen molar-refractivity contribution in [3.8, 4) is 11.5 Å². The van der Waals surface area contributed by atoms with Gasteiger partial charge in [-0.05, 0) is 40.2 Å². The first-order valence-electron chi connectivity index (χ1n) is 5.18. The van der Waals surface area contributed by atoms with Crippen molar-refractivity contribution in [1.82, 2.24) is 0 Å². The van der Waals surface area contributed by atoms with Crippen LogP contribution < -0.4 is 4.74 Å². The zero-order chi connectivity index (χ0) is 14.0. The third-order valence-corrected chi connectivity index (χ3v) is 3.56. The minimum Gasteiger partial charge on any atom is -0.456 e. The molecule has 0 spiro atoms. The van der Waals surface area contributed by atoms with Crippen molar-refractivity contribution in [2.75, 3.05) is 0 Å². The van der Waals surface area contributed by atoms with E-state index < -0.39 is 11.6 Å². The standard InChI is InChI=1S/C13H7BrCl2F2O/c14-9-4-10(16)11(18)5-13(9)19-12-2-1-8(17)3-7(12)6-15/h1-5H,6H2. The van der Waals surface area contributed by atoms with E-state index in [-0.39, 0.29) is 16.7 Å². The lowest BCUT2D eigenvalue weighted by atomic mass is 10.2. The van der Waals surface area contributed by atoms with Crippen molar-refractivity contribution in [3.05, 3.63) is 57.0 Å². The van der Waals surface area contributed by atoms with E-state index in [1.54, 1.807) is 0 Å².